The number of aromatic nitrogens is 4. The van der Waals surface area contributed by atoms with Gasteiger partial charge in [0.15, 0.2) is 5.69 Å². The number of carbonyl (C=O) groups excluding carboxylic acids is 1. The van der Waals surface area contributed by atoms with Gasteiger partial charge in [0.2, 0.25) is 0 Å². The van der Waals surface area contributed by atoms with Gasteiger partial charge in [-0.2, -0.15) is 18.3 Å². The van der Waals surface area contributed by atoms with Gasteiger partial charge in [0, 0.05) is 38.6 Å². The first-order valence-corrected chi connectivity index (χ1v) is 10.4. The van der Waals surface area contributed by atoms with Crippen LogP contribution in [0.15, 0.2) is 30.6 Å². The Labute approximate surface area is 186 Å². The maximum atomic E-state index is 13.1. The smallest absolute Gasteiger partial charge is 0.358 e. The Morgan fingerprint density at radius 2 is 1.88 bits per heavy atom. The van der Waals surface area contributed by atoms with Crippen molar-refractivity contribution in [1.82, 2.24) is 24.5 Å². The van der Waals surface area contributed by atoms with E-state index in [1.165, 1.54) is 28.4 Å². The number of hydrogen-bond acceptors (Lipinski definition) is 4. The molecule has 0 aromatic carbocycles. The predicted octanol–water partition coefficient (Wildman–Crippen LogP) is 4.20. The van der Waals surface area contributed by atoms with Crippen LogP contribution in [0, 0.1) is 0 Å². The molecule has 178 valence electrons. The van der Waals surface area contributed by atoms with Crippen LogP contribution in [-0.2, 0) is 13.2 Å². The zero-order chi connectivity index (χ0) is 23.9. The monoisotopic (exact) mass is 470 g/mol. The number of fused-ring (bicyclic) bond motifs is 1. The molecule has 1 saturated carbocycles. The largest absolute Gasteiger partial charge is 0.434 e. The van der Waals surface area contributed by atoms with E-state index in [4.69, 9.17) is 0 Å². The van der Waals surface area contributed by atoms with Gasteiger partial charge in [-0.25, -0.2) is 13.8 Å². The van der Waals surface area contributed by atoms with E-state index < -0.39 is 29.9 Å². The highest BCUT2D eigenvalue weighted by atomic mass is 19.4. The van der Waals surface area contributed by atoms with Crippen molar-refractivity contribution in [3.63, 3.8) is 0 Å². The number of anilines is 1. The third-order valence-electron chi connectivity index (χ3n) is 6.01. The van der Waals surface area contributed by atoms with Crippen molar-refractivity contribution in [3.8, 4) is 0 Å². The lowest BCUT2D eigenvalue weighted by Gasteiger charge is -2.36. The molecule has 4 rings (SSSR count). The summed E-state index contributed by atoms with van der Waals surface area (Å²) in [6.07, 6.45) is -2.55. The highest BCUT2D eigenvalue weighted by Gasteiger charge is 2.35. The van der Waals surface area contributed by atoms with Crippen LogP contribution < -0.4 is 10.2 Å². The molecule has 7 nitrogen and oxygen atoms in total. The summed E-state index contributed by atoms with van der Waals surface area (Å²) in [7, 11) is 3.29. The molecule has 1 fully saturated rings. The number of pyridine rings is 1. The number of halogens is 5. The highest BCUT2D eigenvalue weighted by Crippen LogP contribution is 2.32. The molecular formula is C21H23F5N6O. The number of aryl methyl sites for hydroxylation is 1. The van der Waals surface area contributed by atoms with Crippen molar-refractivity contribution in [1.29, 1.82) is 0 Å². The van der Waals surface area contributed by atoms with E-state index in [-0.39, 0.29) is 23.3 Å². The minimum atomic E-state index is -4.53. The summed E-state index contributed by atoms with van der Waals surface area (Å²) in [6, 6.07) is 4.76. The van der Waals surface area contributed by atoms with Crippen LogP contribution >= 0.6 is 0 Å². The van der Waals surface area contributed by atoms with Crippen LogP contribution in [0.3, 0.4) is 0 Å². The molecule has 0 atom stereocenters. The minimum absolute atomic E-state index is 0.0375. The molecule has 0 unspecified atom stereocenters. The van der Waals surface area contributed by atoms with Crippen molar-refractivity contribution in [3.05, 3.63) is 47.5 Å². The average Bonchev–Trinajstić information content (AvgIpc) is 3.37. The SMILES string of the molecule is CN(c1cccc2nc(C(F)(F)F)cn12)C1CCC(NC(=O)c2cn(C)nc2C(F)F)CC1. The molecule has 0 radical (unpaired) electrons. The number of amides is 1. The Bertz CT molecular complexity index is 1150. The maximum Gasteiger partial charge on any atom is 0.434 e. The predicted molar refractivity (Wildman–Crippen MR) is 110 cm³/mol. The zero-order valence-corrected chi connectivity index (χ0v) is 18.0. The second kappa shape index (κ2) is 8.64. The Hall–Kier alpha value is -3.18. The molecule has 0 spiro atoms. The van der Waals surface area contributed by atoms with Gasteiger partial charge in [-0.15, -0.1) is 0 Å². The quantitative estimate of drug-likeness (QED) is 0.568. The summed E-state index contributed by atoms with van der Waals surface area (Å²) in [5.74, 6) is -0.00186. The lowest BCUT2D eigenvalue weighted by atomic mass is 9.90. The highest BCUT2D eigenvalue weighted by molar-refractivity contribution is 5.95. The molecule has 3 aromatic heterocycles. The molecule has 0 bridgehead atoms. The fraction of sp³-hybridized carbons (Fsp3) is 0.476. The molecule has 12 heteroatoms. The number of rotatable bonds is 5. The number of imidazole rings is 1. The summed E-state index contributed by atoms with van der Waals surface area (Å²) in [6.45, 7) is 0. The van der Waals surface area contributed by atoms with Crippen molar-refractivity contribution in [2.45, 2.75) is 50.4 Å². The third kappa shape index (κ3) is 4.64. The van der Waals surface area contributed by atoms with Crippen molar-refractivity contribution in [2.24, 2.45) is 7.05 Å². The topological polar surface area (TPSA) is 67.5 Å². The van der Waals surface area contributed by atoms with Gasteiger partial charge in [0.1, 0.15) is 17.2 Å². The second-order valence-corrected chi connectivity index (χ2v) is 8.23. The standard InChI is InChI=1S/C21H23F5N6O/c1-30-10-14(18(29-30)19(22)23)20(33)27-12-6-8-13(9-7-12)31(2)17-5-3-4-16-28-15(11-32(16)17)21(24,25)26/h3-5,10-13,19H,6-9H2,1-2H3,(H,27,33). The van der Waals surface area contributed by atoms with Gasteiger partial charge >= 0.3 is 6.18 Å². The Morgan fingerprint density at radius 3 is 2.52 bits per heavy atom. The second-order valence-electron chi connectivity index (χ2n) is 8.23. The first kappa shape index (κ1) is 23.0. The molecule has 3 heterocycles. The van der Waals surface area contributed by atoms with Crippen LogP contribution in [0.1, 0.15) is 53.9 Å². The maximum absolute atomic E-state index is 13.1. The molecule has 0 aliphatic heterocycles. The summed E-state index contributed by atoms with van der Waals surface area (Å²) in [5, 5.41) is 6.46. The number of hydrogen-bond donors (Lipinski definition) is 1. The van der Waals surface area contributed by atoms with E-state index in [0.717, 1.165) is 6.20 Å². The van der Waals surface area contributed by atoms with Gasteiger partial charge in [0.05, 0.1) is 5.56 Å². The summed E-state index contributed by atoms with van der Waals surface area (Å²) in [5.41, 5.74) is -1.43. The van der Waals surface area contributed by atoms with Crippen LogP contribution in [0.5, 0.6) is 0 Å². The van der Waals surface area contributed by atoms with Gasteiger partial charge < -0.3 is 10.2 Å². The van der Waals surface area contributed by atoms with E-state index in [1.807, 2.05) is 11.9 Å². The van der Waals surface area contributed by atoms with Gasteiger partial charge in [-0.1, -0.05) is 6.07 Å². The van der Waals surface area contributed by atoms with Crippen LogP contribution in [0.4, 0.5) is 27.8 Å². The molecule has 3 aromatic rings. The van der Waals surface area contributed by atoms with E-state index in [1.54, 1.807) is 12.1 Å². The van der Waals surface area contributed by atoms with E-state index in [2.05, 4.69) is 15.4 Å². The average molecular weight is 470 g/mol. The fourth-order valence-corrected chi connectivity index (χ4v) is 4.32. The number of carbonyl (C=O) groups is 1. The zero-order valence-electron chi connectivity index (χ0n) is 18.0. The van der Waals surface area contributed by atoms with Gasteiger partial charge in [0.25, 0.3) is 12.3 Å². The van der Waals surface area contributed by atoms with Gasteiger partial charge in [-0.3, -0.25) is 13.9 Å². The molecule has 1 amide bonds. The fourth-order valence-electron chi connectivity index (χ4n) is 4.32. The Balaban J connectivity index is 1.42. The molecule has 0 saturated heterocycles. The lowest BCUT2D eigenvalue weighted by molar-refractivity contribution is -0.140. The van der Waals surface area contributed by atoms with E-state index >= 15 is 0 Å². The van der Waals surface area contributed by atoms with Crippen molar-refractivity contribution >= 4 is 17.4 Å². The molecule has 1 aliphatic rings. The van der Waals surface area contributed by atoms with Crippen LogP contribution in [0.25, 0.3) is 5.65 Å². The third-order valence-corrected chi connectivity index (χ3v) is 6.01. The van der Waals surface area contributed by atoms with Crippen molar-refractivity contribution in [2.75, 3.05) is 11.9 Å². The van der Waals surface area contributed by atoms with Crippen LogP contribution in [0.2, 0.25) is 0 Å². The van der Waals surface area contributed by atoms with Crippen LogP contribution in [-0.4, -0.2) is 44.2 Å². The molecule has 33 heavy (non-hydrogen) atoms. The van der Waals surface area contributed by atoms with Gasteiger partial charge in [-0.05, 0) is 37.8 Å². The molecule has 1 aliphatic carbocycles. The Morgan fingerprint density at radius 1 is 1.18 bits per heavy atom. The summed E-state index contributed by atoms with van der Waals surface area (Å²) < 4.78 is 68.1. The first-order valence-electron chi connectivity index (χ1n) is 10.4. The summed E-state index contributed by atoms with van der Waals surface area (Å²) >= 11 is 0. The lowest BCUT2D eigenvalue weighted by Crippen LogP contribution is -2.43. The molecular weight excluding hydrogens is 447 g/mol. The number of nitrogens with zero attached hydrogens (tertiary/aromatic N) is 5. The molecule has 1 N–H and O–H groups in total. The summed E-state index contributed by atoms with van der Waals surface area (Å²) in [4.78, 5) is 18.1. The minimum Gasteiger partial charge on any atom is -0.358 e. The number of nitrogens with one attached hydrogen (secondary N) is 1. The van der Waals surface area contributed by atoms with E-state index in [9.17, 15) is 26.7 Å². The first-order chi connectivity index (χ1) is 15.5. The van der Waals surface area contributed by atoms with E-state index in [0.29, 0.717) is 31.5 Å². The normalized spacial score (nSPS) is 19.3. The number of alkyl halides is 5. The Kier molecular flexibility index (Phi) is 6.02. The van der Waals surface area contributed by atoms with Crippen molar-refractivity contribution < 1.29 is 26.7 Å².